The topological polar surface area (TPSA) is 60.5 Å². The second-order valence-electron chi connectivity index (χ2n) is 5.60. The Labute approximate surface area is 150 Å². The molecule has 0 fully saturated rings. The van der Waals surface area contributed by atoms with Gasteiger partial charge in [-0.25, -0.2) is 9.18 Å². The van der Waals surface area contributed by atoms with Crippen LogP contribution in [-0.4, -0.2) is 24.7 Å². The van der Waals surface area contributed by atoms with E-state index in [1.54, 1.807) is 26.2 Å². The molecule has 0 bridgehead atoms. The molecule has 0 radical (unpaired) electrons. The van der Waals surface area contributed by atoms with Gasteiger partial charge in [-0.05, 0) is 30.7 Å². The molecule has 0 saturated carbocycles. The van der Waals surface area contributed by atoms with E-state index in [-0.39, 0.29) is 12.4 Å². The van der Waals surface area contributed by atoms with Crippen molar-refractivity contribution in [2.45, 2.75) is 13.5 Å². The number of carbonyl (C=O) groups excluding carboxylic acids is 1. The lowest BCUT2D eigenvalue weighted by atomic mass is 10.1. The van der Waals surface area contributed by atoms with Crippen LogP contribution in [0.25, 0.3) is 10.9 Å². The molecule has 6 heteroatoms. The number of hydrogen-bond donors (Lipinski definition) is 1. The Morgan fingerprint density at radius 3 is 2.65 bits per heavy atom. The minimum Gasteiger partial charge on any atom is -0.494 e. The molecule has 3 aromatic rings. The average molecular weight is 354 g/mol. The molecule has 1 aromatic heterocycles. The Bertz CT molecular complexity index is 926. The highest BCUT2D eigenvalue weighted by Crippen LogP contribution is 2.32. The van der Waals surface area contributed by atoms with E-state index in [4.69, 9.17) is 9.47 Å². The van der Waals surface area contributed by atoms with Crippen LogP contribution in [0.2, 0.25) is 0 Å². The number of nitrogens with one attached hydrogen (secondary N) is 1. The zero-order valence-corrected chi connectivity index (χ0v) is 14.6. The number of benzene rings is 2. The van der Waals surface area contributed by atoms with Crippen LogP contribution in [0, 0.1) is 5.82 Å². The third-order valence-corrected chi connectivity index (χ3v) is 3.96. The number of fused-ring (bicyclic) bond motifs is 1. The van der Waals surface area contributed by atoms with Gasteiger partial charge < -0.3 is 14.8 Å². The van der Waals surface area contributed by atoms with Gasteiger partial charge in [0.15, 0.2) is 0 Å². The summed E-state index contributed by atoms with van der Waals surface area (Å²) in [5, 5.41) is 4.01. The number of methoxy groups -OCH3 is 1. The molecule has 0 unspecified atom stereocenters. The van der Waals surface area contributed by atoms with Gasteiger partial charge in [0.25, 0.3) is 0 Å². The third kappa shape index (κ3) is 3.59. The van der Waals surface area contributed by atoms with Gasteiger partial charge in [0.1, 0.15) is 22.6 Å². The van der Waals surface area contributed by atoms with Crippen molar-refractivity contribution in [2.24, 2.45) is 0 Å². The van der Waals surface area contributed by atoms with Crippen molar-refractivity contribution in [3.05, 3.63) is 65.6 Å². The van der Waals surface area contributed by atoms with Crippen LogP contribution in [0.5, 0.6) is 5.75 Å². The molecule has 134 valence electrons. The Kier molecular flexibility index (Phi) is 5.31. The van der Waals surface area contributed by atoms with Crippen molar-refractivity contribution in [2.75, 3.05) is 19.0 Å². The zero-order valence-electron chi connectivity index (χ0n) is 14.6. The van der Waals surface area contributed by atoms with E-state index >= 15 is 0 Å². The van der Waals surface area contributed by atoms with Crippen molar-refractivity contribution in [1.29, 1.82) is 0 Å². The minimum absolute atomic E-state index is 0.270. The molecule has 1 heterocycles. The maximum Gasteiger partial charge on any atom is 0.341 e. The van der Waals surface area contributed by atoms with E-state index in [9.17, 15) is 9.18 Å². The smallest absolute Gasteiger partial charge is 0.341 e. The largest absolute Gasteiger partial charge is 0.494 e. The lowest BCUT2D eigenvalue weighted by Crippen LogP contribution is -2.11. The fourth-order valence-electron chi connectivity index (χ4n) is 2.71. The summed E-state index contributed by atoms with van der Waals surface area (Å²) in [6, 6.07) is 11.7. The molecule has 0 spiro atoms. The van der Waals surface area contributed by atoms with E-state index in [0.717, 1.165) is 10.9 Å². The monoisotopic (exact) mass is 354 g/mol. The van der Waals surface area contributed by atoms with Gasteiger partial charge >= 0.3 is 5.97 Å². The van der Waals surface area contributed by atoms with E-state index in [1.807, 2.05) is 18.2 Å². The number of nitrogens with zero attached hydrogens (tertiary/aromatic N) is 1. The first-order valence-electron chi connectivity index (χ1n) is 8.25. The predicted molar refractivity (Wildman–Crippen MR) is 98.0 cm³/mol. The Morgan fingerprint density at radius 1 is 1.19 bits per heavy atom. The fraction of sp³-hybridized carbons (Fsp3) is 0.200. The Morgan fingerprint density at radius 2 is 1.96 bits per heavy atom. The second-order valence-corrected chi connectivity index (χ2v) is 5.60. The van der Waals surface area contributed by atoms with Crippen LogP contribution >= 0.6 is 0 Å². The van der Waals surface area contributed by atoms with E-state index in [2.05, 4.69) is 10.3 Å². The van der Waals surface area contributed by atoms with Crippen LogP contribution in [-0.2, 0) is 11.3 Å². The summed E-state index contributed by atoms with van der Waals surface area (Å²) in [5.41, 5.74) is 2.48. The molecule has 26 heavy (non-hydrogen) atoms. The summed E-state index contributed by atoms with van der Waals surface area (Å²) in [6.45, 7) is 2.44. The summed E-state index contributed by atoms with van der Waals surface area (Å²) >= 11 is 0. The van der Waals surface area contributed by atoms with Gasteiger partial charge in [0.05, 0.1) is 19.4 Å². The maximum atomic E-state index is 13.1. The minimum atomic E-state index is -0.452. The normalized spacial score (nSPS) is 10.6. The van der Waals surface area contributed by atoms with Crippen LogP contribution in [0.1, 0.15) is 22.8 Å². The molecular formula is C20H19FN2O3. The lowest BCUT2D eigenvalue weighted by molar-refractivity contribution is 0.0527. The molecular weight excluding hydrogens is 335 g/mol. The highest BCUT2D eigenvalue weighted by molar-refractivity contribution is 6.06. The number of pyridine rings is 1. The van der Waals surface area contributed by atoms with Crippen molar-refractivity contribution in [3.63, 3.8) is 0 Å². The molecule has 1 N–H and O–H groups in total. The SMILES string of the molecule is CCOC(=O)c1cnc2c(OC)cccc2c1NCc1ccc(F)cc1. The van der Waals surface area contributed by atoms with Crippen LogP contribution < -0.4 is 10.1 Å². The van der Waals surface area contributed by atoms with Crippen molar-refractivity contribution < 1.29 is 18.7 Å². The average Bonchev–Trinajstić information content (AvgIpc) is 2.66. The lowest BCUT2D eigenvalue weighted by Gasteiger charge is -2.15. The summed E-state index contributed by atoms with van der Waals surface area (Å²) in [5.74, 6) is -0.130. The molecule has 0 aliphatic rings. The molecule has 0 aliphatic carbocycles. The third-order valence-electron chi connectivity index (χ3n) is 3.96. The Balaban J connectivity index is 2.04. The molecule has 0 saturated heterocycles. The van der Waals surface area contributed by atoms with Crippen LogP contribution in [0.15, 0.2) is 48.7 Å². The van der Waals surface area contributed by atoms with Crippen LogP contribution in [0.4, 0.5) is 10.1 Å². The molecule has 3 rings (SSSR count). The highest BCUT2D eigenvalue weighted by atomic mass is 19.1. The van der Waals surface area contributed by atoms with Gasteiger partial charge in [-0.3, -0.25) is 4.98 Å². The zero-order chi connectivity index (χ0) is 18.5. The number of ether oxygens (including phenoxy) is 2. The second kappa shape index (κ2) is 7.82. The first kappa shape index (κ1) is 17.7. The van der Waals surface area contributed by atoms with Gasteiger partial charge in [-0.2, -0.15) is 0 Å². The summed E-state index contributed by atoms with van der Waals surface area (Å²) in [4.78, 5) is 16.7. The first-order valence-corrected chi connectivity index (χ1v) is 8.25. The van der Waals surface area contributed by atoms with Crippen LogP contribution in [0.3, 0.4) is 0 Å². The van der Waals surface area contributed by atoms with E-state index in [0.29, 0.717) is 29.1 Å². The number of esters is 1. The fourth-order valence-corrected chi connectivity index (χ4v) is 2.71. The number of aromatic nitrogens is 1. The molecule has 5 nitrogen and oxygen atoms in total. The summed E-state index contributed by atoms with van der Waals surface area (Å²) in [6.07, 6.45) is 1.48. The van der Waals surface area contributed by atoms with Gasteiger partial charge in [-0.1, -0.05) is 24.3 Å². The molecule has 0 amide bonds. The standard InChI is InChI=1S/C20H19FN2O3/c1-3-26-20(24)16-12-23-19-15(5-4-6-17(19)25-2)18(16)22-11-13-7-9-14(21)10-8-13/h4-10,12H,3,11H2,1-2H3,(H,22,23). The van der Waals surface area contributed by atoms with Crippen molar-refractivity contribution in [1.82, 2.24) is 4.98 Å². The summed E-state index contributed by atoms with van der Waals surface area (Å²) < 4.78 is 23.6. The number of halogens is 1. The number of carbonyl (C=O) groups is 1. The highest BCUT2D eigenvalue weighted by Gasteiger charge is 2.18. The molecule has 0 atom stereocenters. The first-order chi connectivity index (χ1) is 12.6. The maximum absolute atomic E-state index is 13.1. The predicted octanol–water partition coefficient (Wildman–Crippen LogP) is 4.17. The Hall–Kier alpha value is -3.15. The number of hydrogen-bond acceptors (Lipinski definition) is 5. The number of anilines is 1. The number of para-hydroxylation sites is 1. The molecule has 0 aliphatic heterocycles. The van der Waals surface area contributed by atoms with Gasteiger partial charge in [-0.15, -0.1) is 0 Å². The number of rotatable bonds is 6. The van der Waals surface area contributed by atoms with Crippen molar-refractivity contribution >= 4 is 22.6 Å². The molecule has 2 aromatic carbocycles. The van der Waals surface area contributed by atoms with E-state index < -0.39 is 5.97 Å². The van der Waals surface area contributed by atoms with E-state index in [1.165, 1.54) is 18.3 Å². The van der Waals surface area contributed by atoms with Gasteiger partial charge in [0.2, 0.25) is 0 Å². The van der Waals surface area contributed by atoms with Crippen molar-refractivity contribution in [3.8, 4) is 5.75 Å². The quantitative estimate of drug-likeness (QED) is 0.673. The van der Waals surface area contributed by atoms with Gasteiger partial charge in [0, 0.05) is 18.1 Å². The summed E-state index contributed by atoms with van der Waals surface area (Å²) in [7, 11) is 1.57.